The molecule has 1 atom stereocenters. The van der Waals surface area contributed by atoms with E-state index in [1.165, 1.54) is 12.0 Å². The van der Waals surface area contributed by atoms with Gasteiger partial charge in [-0.3, -0.25) is 0 Å². The number of halogens is 1. The van der Waals surface area contributed by atoms with Crippen molar-refractivity contribution in [2.24, 2.45) is 0 Å². The number of ether oxygens (including phenoxy) is 1. The van der Waals surface area contributed by atoms with E-state index in [9.17, 15) is 0 Å². The number of hydrogen-bond donors (Lipinski definition) is 0. The van der Waals surface area contributed by atoms with Gasteiger partial charge in [0.25, 0.3) is 0 Å². The number of furan rings is 1. The molecule has 0 saturated heterocycles. The molecule has 0 fully saturated rings. The summed E-state index contributed by atoms with van der Waals surface area (Å²) in [5.41, 5.74) is 2.03. The van der Waals surface area contributed by atoms with Gasteiger partial charge in [0, 0.05) is 0 Å². The van der Waals surface area contributed by atoms with Crippen molar-refractivity contribution >= 4 is 15.9 Å². The minimum absolute atomic E-state index is 0.0301. The Morgan fingerprint density at radius 1 is 1.44 bits per heavy atom. The minimum Gasteiger partial charge on any atom is -0.453 e. The molecule has 0 radical (unpaired) electrons. The Morgan fingerprint density at radius 2 is 2.38 bits per heavy atom. The van der Waals surface area contributed by atoms with Gasteiger partial charge in [-0.1, -0.05) is 0 Å². The highest BCUT2D eigenvalue weighted by atomic mass is 79.9. The first kappa shape index (κ1) is 10.1. The molecule has 2 aromatic heterocycles. The van der Waals surface area contributed by atoms with Gasteiger partial charge in [0.05, 0.1) is 24.8 Å². The van der Waals surface area contributed by atoms with E-state index in [0.717, 1.165) is 22.5 Å². The predicted molar refractivity (Wildman–Crippen MR) is 59.3 cm³/mol. The maximum absolute atomic E-state index is 5.68. The number of rotatable bonds is 1. The summed E-state index contributed by atoms with van der Waals surface area (Å²) in [6.45, 7) is 1.30. The van der Waals surface area contributed by atoms with Crippen LogP contribution in [0.25, 0.3) is 0 Å². The Kier molecular flexibility index (Phi) is 2.57. The molecule has 3 heterocycles. The van der Waals surface area contributed by atoms with Gasteiger partial charge in [0.15, 0.2) is 11.1 Å². The second-order valence-corrected chi connectivity index (χ2v) is 4.51. The van der Waals surface area contributed by atoms with Gasteiger partial charge in [-0.2, -0.15) is 0 Å². The molecule has 4 nitrogen and oxygen atoms in total. The van der Waals surface area contributed by atoms with E-state index in [0.29, 0.717) is 13.2 Å². The largest absolute Gasteiger partial charge is 0.453 e. The molecule has 2 aromatic rings. The minimum atomic E-state index is 0.0301. The Morgan fingerprint density at radius 3 is 3.19 bits per heavy atom. The lowest BCUT2D eigenvalue weighted by Gasteiger charge is -2.09. The average Bonchev–Trinajstić information content (AvgIpc) is 2.86. The van der Waals surface area contributed by atoms with Crippen molar-refractivity contribution in [3.05, 3.63) is 40.4 Å². The van der Waals surface area contributed by atoms with Crippen LogP contribution >= 0.6 is 15.9 Å². The predicted octanol–water partition coefficient (Wildman–Crippen LogP) is 2.73. The second-order valence-electron chi connectivity index (χ2n) is 3.73. The topological polar surface area (TPSA) is 48.4 Å². The van der Waals surface area contributed by atoms with Crippen molar-refractivity contribution in [1.82, 2.24) is 4.98 Å². The highest BCUT2D eigenvalue weighted by molar-refractivity contribution is 9.10. The third-order valence-corrected chi connectivity index (χ3v) is 3.13. The number of aromatic nitrogens is 1. The molecule has 0 N–H and O–H groups in total. The first-order chi connectivity index (χ1) is 7.84. The summed E-state index contributed by atoms with van der Waals surface area (Å²) < 4.78 is 17.0. The van der Waals surface area contributed by atoms with Crippen LogP contribution in [0.15, 0.2) is 32.2 Å². The van der Waals surface area contributed by atoms with Crippen molar-refractivity contribution in [2.45, 2.75) is 12.3 Å². The zero-order chi connectivity index (χ0) is 11.0. The van der Waals surface area contributed by atoms with Crippen LogP contribution in [0.2, 0.25) is 0 Å². The lowest BCUT2D eigenvalue weighted by Crippen LogP contribution is -2.07. The smallest absolute Gasteiger partial charge is 0.180 e. The van der Waals surface area contributed by atoms with Crippen molar-refractivity contribution in [3.8, 4) is 0 Å². The third kappa shape index (κ3) is 1.70. The molecule has 0 amide bonds. The van der Waals surface area contributed by atoms with E-state index in [2.05, 4.69) is 20.9 Å². The summed E-state index contributed by atoms with van der Waals surface area (Å²) in [6.07, 6.45) is 3.94. The maximum Gasteiger partial charge on any atom is 0.180 e. The Balaban J connectivity index is 2.05. The fourth-order valence-electron chi connectivity index (χ4n) is 1.97. The molecule has 0 saturated carbocycles. The molecule has 1 unspecified atom stereocenters. The van der Waals surface area contributed by atoms with Gasteiger partial charge in [-0.05, 0) is 34.0 Å². The van der Waals surface area contributed by atoms with Gasteiger partial charge in [0.1, 0.15) is 12.0 Å². The van der Waals surface area contributed by atoms with Gasteiger partial charge in [-0.15, -0.1) is 0 Å². The zero-order valence-corrected chi connectivity index (χ0v) is 10.1. The molecule has 0 aromatic carbocycles. The van der Waals surface area contributed by atoms with Crippen LogP contribution in [0.1, 0.15) is 22.9 Å². The summed E-state index contributed by atoms with van der Waals surface area (Å²) in [4.78, 5) is 4.17. The summed E-state index contributed by atoms with van der Waals surface area (Å²) in [6, 6.07) is 2.00. The van der Waals surface area contributed by atoms with Gasteiger partial charge in [0.2, 0.25) is 0 Å². The highest BCUT2D eigenvalue weighted by Gasteiger charge is 2.27. The Bertz CT molecular complexity index is 477. The van der Waals surface area contributed by atoms with Crippen LogP contribution in [0.5, 0.6) is 0 Å². The number of fused-ring (bicyclic) bond motifs is 1. The zero-order valence-electron chi connectivity index (χ0n) is 8.48. The number of oxazole rings is 1. The number of hydrogen-bond acceptors (Lipinski definition) is 4. The standard InChI is InChI=1S/C11H10BrNO3/c12-10-3-7-1-2-14-4-8(11(7)16-10)9-5-15-6-13-9/h3,5-6,8H,1-2,4H2. The van der Waals surface area contributed by atoms with Crippen LogP contribution in [0.4, 0.5) is 0 Å². The van der Waals surface area contributed by atoms with Crippen LogP contribution < -0.4 is 0 Å². The first-order valence-corrected chi connectivity index (χ1v) is 5.88. The molecule has 0 bridgehead atoms. The molecule has 16 heavy (non-hydrogen) atoms. The summed E-state index contributed by atoms with van der Waals surface area (Å²) >= 11 is 3.36. The van der Waals surface area contributed by atoms with Crippen LogP contribution in [-0.2, 0) is 11.2 Å². The van der Waals surface area contributed by atoms with Crippen LogP contribution in [-0.4, -0.2) is 18.2 Å². The van der Waals surface area contributed by atoms with Gasteiger partial charge in [-0.25, -0.2) is 4.98 Å². The van der Waals surface area contributed by atoms with E-state index >= 15 is 0 Å². The van der Waals surface area contributed by atoms with E-state index < -0.39 is 0 Å². The second kappa shape index (κ2) is 4.07. The molecule has 5 heteroatoms. The van der Waals surface area contributed by atoms with E-state index in [4.69, 9.17) is 13.6 Å². The summed E-state index contributed by atoms with van der Waals surface area (Å²) in [5.74, 6) is 0.959. The Hall–Kier alpha value is -1.07. The lowest BCUT2D eigenvalue weighted by molar-refractivity contribution is 0.132. The first-order valence-electron chi connectivity index (χ1n) is 5.08. The molecule has 3 rings (SSSR count). The summed E-state index contributed by atoms with van der Waals surface area (Å²) in [7, 11) is 0. The Labute approximate surface area is 101 Å². The molecular formula is C11H10BrNO3. The van der Waals surface area contributed by atoms with Crippen molar-refractivity contribution in [2.75, 3.05) is 13.2 Å². The number of nitrogens with zero attached hydrogens (tertiary/aromatic N) is 1. The third-order valence-electron chi connectivity index (χ3n) is 2.74. The van der Waals surface area contributed by atoms with E-state index in [1.54, 1.807) is 6.26 Å². The molecule has 1 aliphatic rings. The van der Waals surface area contributed by atoms with Gasteiger partial charge >= 0.3 is 0 Å². The molecular weight excluding hydrogens is 274 g/mol. The maximum atomic E-state index is 5.68. The monoisotopic (exact) mass is 283 g/mol. The van der Waals surface area contributed by atoms with Crippen LogP contribution in [0, 0.1) is 0 Å². The van der Waals surface area contributed by atoms with Gasteiger partial charge < -0.3 is 13.6 Å². The molecule has 84 valence electrons. The van der Waals surface area contributed by atoms with Crippen LogP contribution in [0.3, 0.4) is 0 Å². The molecule has 0 aliphatic carbocycles. The van der Waals surface area contributed by atoms with Crippen molar-refractivity contribution in [3.63, 3.8) is 0 Å². The summed E-state index contributed by atoms with van der Waals surface area (Å²) in [5, 5.41) is 0. The van der Waals surface area contributed by atoms with Crippen molar-refractivity contribution in [1.29, 1.82) is 0 Å². The molecule has 1 aliphatic heterocycles. The molecule has 0 spiro atoms. The van der Waals surface area contributed by atoms with Crippen molar-refractivity contribution < 1.29 is 13.6 Å². The quantitative estimate of drug-likeness (QED) is 0.808. The fourth-order valence-corrected chi connectivity index (χ4v) is 2.42. The normalized spacial score (nSPS) is 20.4. The van der Waals surface area contributed by atoms with E-state index in [1.807, 2.05) is 6.07 Å². The van der Waals surface area contributed by atoms with E-state index in [-0.39, 0.29) is 5.92 Å². The average molecular weight is 284 g/mol. The SMILES string of the molecule is Brc1cc2c(o1)C(c1cocn1)COCC2. The lowest BCUT2D eigenvalue weighted by atomic mass is 10.0. The highest BCUT2D eigenvalue weighted by Crippen LogP contribution is 2.33. The fraction of sp³-hybridized carbons (Fsp3) is 0.364.